The third kappa shape index (κ3) is 2.83. The Morgan fingerprint density at radius 1 is 0.909 bits per heavy atom. The van der Waals surface area contributed by atoms with Crippen molar-refractivity contribution in [3.8, 4) is 11.3 Å². The SMILES string of the molecule is c1cc(N2CCCC2)ccc1-c1csc(N2CCOCC2)n1. The Kier molecular flexibility index (Phi) is 3.99. The first-order chi connectivity index (χ1) is 10.9. The Morgan fingerprint density at radius 2 is 1.64 bits per heavy atom. The maximum atomic E-state index is 5.41. The van der Waals surface area contributed by atoms with Crippen molar-refractivity contribution in [2.75, 3.05) is 49.2 Å². The van der Waals surface area contributed by atoms with Crippen LogP contribution >= 0.6 is 11.3 Å². The number of hydrogen-bond donors (Lipinski definition) is 0. The fraction of sp³-hybridized carbons (Fsp3) is 0.471. The molecule has 0 N–H and O–H groups in total. The Labute approximate surface area is 135 Å². The molecule has 0 aliphatic carbocycles. The number of anilines is 2. The molecule has 2 aliphatic rings. The van der Waals surface area contributed by atoms with E-state index in [0.717, 1.165) is 37.1 Å². The summed E-state index contributed by atoms with van der Waals surface area (Å²) in [7, 11) is 0. The molecule has 0 radical (unpaired) electrons. The predicted octanol–water partition coefficient (Wildman–Crippen LogP) is 3.25. The lowest BCUT2D eigenvalue weighted by Crippen LogP contribution is -2.36. The zero-order chi connectivity index (χ0) is 14.8. The maximum Gasteiger partial charge on any atom is 0.186 e. The van der Waals surface area contributed by atoms with Crippen LogP contribution in [0, 0.1) is 0 Å². The first kappa shape index (κ1) is 14.0. The van der Waals surface area contributed by atoms with Gasteiger partial charge in [0.25, 0.3) is 0 Å². The van der Waals surface area contributed by atoms with Crippen LogP contribution in [0.3, 0.4) is 0 Å². The van der Waals surface area contributed by atoms with E-state index >= 15 is 0 Å². The van der Waals surface area contributed by atoms with E-state index in [9.17, 15) is 0 Å². The largest absolute Gasteiger partial charge is 0.378 e. The third-order valence-electron chi connectivity index (χ3n) is 4.41. The molecule has 0 unspecified atom stereocenters. The van der Waals surface area contributed by atoms with E-state index in [-0.39, 0.29) is 0 Å². The molecule has 0 saturated carbocycles. The van der Waals surface area contributed by atoms with Gasteiger partial charge in [0.15, 0.2) is 5.13 Å². The molecule has 1 aromatic carbocycles. The first-order valence-corrected chi connectivity index (χ1v) is 8.92. The second-order valence-corrected chi connectivity index (χ2v) is 6.69. The van der Waals surface area contributed by atoms with Gasteiger partial charge in [0, 0.05) is 42.8 Å². The van der Waals surface area contributed by atoms with Gasteiger partial charge in [-0.3, -0.25) is 0 Å². The van der Waals surface area contributed by atoms with Crippen LogP contribution < -0.4 is 9.80 Å². The van der Waals surface area contributed by atoms with Crippen LogP contribution in [-0.4, -0.2) is 44.4 Å². The van der Waals surface area contributed by atoms with Crippen molar-refractivity contribution >= 4 is 22.2 Å². The van der Waals surface area contributed by atoms with Crippen LogP contribution in [0.2, 0.25) is 0 Å². The number of benzene rings is 1. The van der Waals surface area contributed by atoms with Gasteiger partial charge in [-0.2, -0.15) is 0 Å². The van der Waals surface area contributed by atoms with Crippen molar-refractivity contribution in [3.05, 3.63) is 29.6 Å². The molecule has 4 nitrogen and oxygen atoms in total. The number of rotatable bonds is 3. The quantitative estimate of drug-likeness (QED) is 0.869. The van der Waals surface area contributed by atoms with Gasteiger partial charge in [0.1, 0.15) is 0 Å². The number of aromatic nitrogens is 1. The highest BCUT2D eigenvalue weighted by Crippen LogP contribution is 2.29. The molecule has 0 atom stereocenters. The molecule has 0 spiro atoms. The van der Waals surface area contributed by atoms with Gasteiger partial charge < -0.3 is 14.5 Å². The van der Waals surface area contributed by atoms with Crippen LogP contribution in [0.4, 0.5) is 10.8 Å². The Hall–Kier alpha value is -1.59. The van der Waals surface area contributed by atoms with E-state index in [1.54, 1.807) is 11.3 Å². The summed E-state index contributed by atoms with van der Waals surface area (Å²) < 4.78 is 5.41. The highest BCUT2D eigenvalue weighted by molar-refractivity contribution is 7.14. The molecule has 116 valence electrons. The average Bonchev–Trinajstić information content (AvgIpc) is 3.28. The minimum atomic E-state index is 0.805. The van der Waals surface area contributed by atoms with Gasteiger partial charge in [0.2, 0.25) is 0 Å². The minimum absolute atomic E-state index is 0.805. The second kappa shape index (κ2) is 6.26. The van der Waals surface area contributed by atoms with Gasteiger partial charge in [0.05, 0.1) is 18.9 Å². The van der Waals surface area contributed by atoms with Crippen molar-refractivity contribution in [3.63, 3.8) is 0 Å². The minimum Gasteiger partial charge on any atom is -0.378 e. The molecule has 2 fully saturated rings. The average molecular weight is 315 g/mol. The predicted molar refractivity (Wildman–Crippen MR) is 92.0 cm³/mol. The first-order valence-electron chi connectivity index (χ1n) is 8.04. The fourth-order valence-electron chi connectivity index (χ4n) is 3.12. The van der Waals surface area contributed by atoms with E-state index in [4.69, 9.17) is 9.72 Å². The lowest BCUT2D eigenvalue weighted by molar-refractivity contribution is 0.122. The topological polar surface area (TPSA) is 28.6 Å². The lowest BCUT2D eigenvalue weighted by atomic mass is 10.1. The molecule has 2 aromatic rings. The van der Waals surface area contributed by atoms with Gasteiger partial charge in [-0.25, -0.2) is 4.98 Å². The maximum absolute atomic E-state index is 5.41. The highest BCUT2D eigenvalue weighted by atomic mass is 32.1. The van der Waals surface area contributed by atoms with Crippen molar-refractivity contribution in [2.45, 2.75) is 12.8 Å². The number of nitrogens with zero attached hydrogens (tertiary/aromatic N) is 3. The third-order valence-corrected chi connectivity index (χ3v) is 5.31. The summed E-state index contributed by atoms with van der Waals surface area (Å²) in [5.41, 5.74) is 3.63. The standard InChI is InChI=1S/C17H21N3OS/c1-2-8-19(7-1)15-5-3-14(4-6-15)16-13-22-17(18-16)20-9-11-21-12-10-20/h3-6,13H,1-2,7-12H2. The van der Waals surface area contributed by atoms with Gasteiger partial charge >= 0.3 is 0 Å². The molecule has 4 rings (SSSR count). The van der Waals surface area contributed by atoms with E-state index in [1.807, 2.05) is 0 Å². The zero-order valence-electron chi connectivity index (χ0n) is 12.7. The molecule has 3 heterocycles. The smallest absolute Gasteiger partial charge is 0.186 e. The molecule has 2 aliphatic heterocycles. The number of hydrogen-bond acceptors (Lipinski definition) is 5. The Bertz CT molecular complexity index is 613. The molecular weight excluding hydrogens is 294 g/mol. The summed E-state index contributed by atoms with van der Waals surface area (Å²) >= 11 is 1.73. The van der Waals surface area contributed by atoms with Crippen LogP contribution in [0.15, 0.2) is 29.6 Å². The van der Waals surface area contributed by atoms with E-state index in [0.29, 0.717) is 0 Å². The summed E-state index contributed by atoms with van der Waals surface area (Å²) in [5, 5.41) is 3.28. The summed E-state index contributed by atoms with van der Waals surface area (Å²) in [4.78, 5) is 9.58. The van der Waals surface area contributed by atoms with Crippen LogP contribution in [0.5, 0.6) is 0 Å². The van der Waals surface area contributed by atoms with Crippen molar-refractivity contribution in [1.82, 2.24) is 4.98 Å². The monoisotopic (exact) mass is 315 g/mol. The van der Waals surface area contributed by atoms with Crippen LogP contribution in [-0.2, 0) is 4.74 Å². The van der Waals surface area contributed by atoms with E-state index < -0.39 is 0 Å². The molecule has 0 bridgehead atoms. The van der Waals surface area contributed by atoms with Gasteiger partial charge in [-0.05, 0) is 25.0 Å². The molecule has 5 heteroatoms. The highest BCUT2D eigenvalue weighted by Gasteiger charge is 2.16. The van der Waals surface area contributed by atoms with Crippen molar-refractivity contribution in [1.29, 1.82) is 0 Å². The molecule has 0 amide bonds. The molecule has 2 saturated heterocycles. The van der Waals surface area contributed by atoms with Crippen LogP contribution in [0.25, 0.3) is 11.3 Å². The molecule has 1 aromatic heterocycles. The van der Waals surface area contributed by atoms with Crippen LogP contribution in [0.1, 0.15) is 12.8 Å². The Morgan fingerprint density at radius 3 is 2.36 bits per heavy atom. The zero-order valence-corrected chi connectivity index (χ0v) is 13.5. The number of morpholine rings is 1. The van der Waals surface area contributed by atoms with Gasteiger partial charge in [-0.15, -0.1) is 11.3 Å². The Balaban J connectivity index is 1.50. The normalized spacial score (nSPS) is 18.9. The summed E-state index contributed by atoms with van der Waals surface area (Å²) in [6.07, 6.45) is 2.63. The summed E-state index contributed by atoms with van der Waals surface area (Å²) in [6.45, 7) is 5.88. The molecular formula is C17H21N3OS. The number of thiazole rings is 1. The second-order valence-electron chi connectivity index (χ2n) is 5.86. The van der Waals surface area contributed by atoms with Crippen molar-refractivity contribution in [2.24, 2.45) is 0 Å². The van der Waals surface area contributed by atoms with Gasteiger partial charge in [-0.1, -0.05) is 12.1 Å². The summed E-state index contributed by atoms with van der Waals surface area (Å²) in [5.74, 6) is 0. The van der Waals surface area contributed by atoms with E-state index in [1.165, 1.54) is 37.2 Å². The van der Waals surface area contributed by atoms with E-state index in [2.05, 4.69) is 39.4 Å². The summed E-state index contributed by atoms with van der Waals surface area (Å²) in [6, 6.07) is 8.86. The lowest BCUT2D eigenvalue weighted by Gasteiger charge is -2.26. The number of ether oxygens (including phenoxy) is 1. The molecule has 22 heavy (non-hydrogen) atoms. The fourth-order valence-corrected chi connectivity index (χ4v) is 4.00. The van der Waals surface area contributed by atoms with Crippen molar-refractivity contribution < 1.29 is 4.74 Å².